The summed E-state index contributed by atoms with van der Waals surface area (Å²) >= 11 is 0. The molecule has 0 aromatic rings. The lowest BCUT2D eigenvalue weighted by Crippen LogP contribution is -2.48. The lowest BCUT2D eigenvalue weighted by atomic mass is 10.2. The van der Waals surface area contributed by atoms with Gasteiger partial charge in [-0.25, -0.2) is 0 Å². The van der Waals surface area contributed by atoms with Crippen LogP contribution in [0.25, 0.3) is 0 Å². The molecule has 0 saturated carbocycles. The summed E-state index contributed by atoms with van der Waals surface area (Å²) in [5.74, 6) is -1.28. The highest BCUT2D eigenvalue weighted by Gasteiger charge is 2.28. The van der Waals surface area contributed by atoms with Gasteiger partial charge in [0.2, 0.25) is 0 Å². The van der Waals surface area contributed by atoms with E-state index in [9.17, 15) is 13.2 Å². The molecule has 1 aliphatic heterocycles. The van der Waals surface area contributed by atoms with E-state index in [0.29, 0.717) is 13.1 Å². The predicted octanol–water partition coefficient (Wildman–Crippen LogP) is -0.468. The van der Waals surface area contributed by atoms with Crippen LogP contribution in [0.4, 0.5) is 0 Å². The molecule has 18 heavy (non-hydrogen) atoms. The lowest BCUT2D eigenvalue weighted by molar-refractivity contribution is -0.139. The fraction of sp³-hybridized carbons (Fsp3) is 0.900. The molecule has 0 radical (unpaired) electrons. The Kier molecular flexibility index (Phi) is 6.00. The van der Waals surface area contributed by atoms with Crippen LogP contribution in [0.1, 0.15) is 32.1 Å². The Morgan fingerprint density at radius 3 is 2.22 bits per heavy atom. The van der Waals surface area contributed by atoms with Gasteiger partial charge in [0.25, 0.3) is 10.2 Å². The first-order valence-corrected chi connectivity index (χ1v) is 7.52. The van der Waals surface area contributed by atoms with Gasteiger partial charge in [-0.1, -0.05) is 12.8 Å². The Balaban J connectivity index is 2.69. The van der Waals surface area contributed by atoms with Gasteiger partial charge in [-0.05, 0) is 19.3 Å². The van der Waals surface area contributed by atoms with Gasteiger partial charge in [-0.3, -0.25) is 4.79 Å². The van der Waals surface area contributed by atoms with Gasteiger partial charge < -0.3 is 10.2 Å². The van der Waals surface area contributed by atoms with Crippen LogP contribution in [0.5, 0.6) is 0 Å². The van der Waals surface area contributed by atoms with E-state index in [2.05, 4.69) is 4.72 Å². The first kappa shape index (κ1) is 15.4. The molecule has 7 nitrogen and oxygen atoms in total. The van der Waals surface area contributed by atoms with Crippen molar-refractivity contribution >= 4 is 16.2 Å². The molecule has 0 bridgehead atoms. The molecule has 3 N–H and O–H groups in total. The zero-order valence-electron chi connectivity index (χ0n) is 10.2. The van der Waals surface area contributed by atoms with Gasteiger partial charge in [-0.2, -0.15) is 17.4 Å². The molecule has 1 aliphatic rings. The Bertz CT molecular complexity index is 362. The van der Waals surface area contributed by atoms with Crippen molar-refractivity contribution in [3.8, 4) is 0 Å². The molecule has 1 atom stereocenters. The van der Waals surface area contributed by atoms with Crippen LogP contribution in [-0.2, 0) is 15.0 Å². The van der Waals surface area contributed by atoms with E-state index in [1.165, 1.54) is 4.31 Å². The normalized spacial score (nSPS) is 20.3. The summed E-state index contributed by atoms with van der Waals surface area (Å²) in [4.78, 5) is 10.9. The van der Waals surface area contributed by atoms with Crippen molar-refractivity contribution in [1.29, 1.82) is 0 Å². The van der Waals surface area contributed by atoms with Crippen molar-refractivity contribution in [3.63, 3.8) is 0 Å². The molecule has 0 aromatic heterocycles. The van der Waals surface area contributed by atoms with Gasteiger partial charge in [0.1, 0.15) is 6.04 Å². The molecule has 8 heteroatoms. The number of hydrogen-bond acceptors (Lipinski definition) is 4. The van der Waals surface area contributed by atoms with Gasteiger partial charge in [-0.15, -0.1) is 0 Å². The van der Waals surface area contributed by atoms with E-state index >= 15 is 0 Å². The number of nitrogens with one attached hydrogen (secondary N) is 1. The Hall–Kier alpha value is -0.700. The minimum absolute atomic E-state index is 0.137. The van der Waals surface area contributed by atoms with Crippen LogP contribution in [0.3, 0.4) is 0 Å². The van der Waals surface area contributed by atoms with Gasteiger partial charge in [0.15, 0.2) is 0 Å². The van der Waals surface area contributed by atoms with E-state index in [1.807, 2.05) is 0 Å². The van der Waals surface area contributed by atoms with Crippen LogP contribution < -0.4 is 4.72 Å². The molecule has 0 amide bonds. The monoisotopic (exact) mass is 280 g/mol. The third-order valence-corrected chi connectivity index (χ3v) is 4.54. The first-order chi connectivity index (χ1) is 8.47. The summed E-state index contributed by atoms with van der Waals surface area (Å²) in [7, 11) is -3.78. The topological polar surface area (TPSA) is 107 Å². The van der Waals surface area contributed by atoms with Crippen molar-refractivity contribution in [2.24, 2.45) is 0 Å². The van der Waals surface area contributed by atoms with Crippen LogP contribution in [-0.4, -0.2) is 54.6 Å². The number of carboxylic acids is 1. The van der Waals surface area contributed by atoms with E-state index in [0.717, 1.165) is 25.7 Å². The smallest absolute Gasteiger partial charge is 0.321 e. The number of hydrogen-bond donors (Lipinski definition) is 3. The number of rotatable bonds is 6. The highest BCUT2D eigenvalue weighted by atomic mass is 32.2. The van der Waals surface area contributed by atoms with Crippen LogP contribution in [0.2, 0.25) is 0 Å². The molecule has 106 valence electrons. The number of nitrogens with zero attached hydrogens (tertiary/aromatic N) is 1. The maximum atomic E-state index is 12.0. The third-order valence-electron chi connectivity index (χ3n) is 2.91. The predicted molar refractivity (Wildman–Crippen MR) is 65.2 cm³/mol. The van der Waals surface area contributed by atoms with Crippen molar-refractivity contribution in [2.45, 2.75) is 38.1 Å². The van der Waals surface area contributed by atoms with Crippen LogP contribution in [0, 0.1) is 0 Å². The summed E-state index contributed by atoms with van der Waals surface area (Å²) in [5, 5.41) is 17.6. The Morgan fingerprint density at radius 1 is 1.22 bits per heavy atom. The maximum absolute atomic E-state index is 12.0. The highest BCUT2D eigenvalue weighted by molar-refractivity contribution is 7.87. The second-order valence-electron chi connectivity index (χ2n) is 4.34. The van der Waals surface area contributed by atoms with E-state index in [4.69, 9.17) is 10.2 Å². The standard InChI is InChI=1S/C10H20N2O5S/c13-8-5-9(10(14)15)11-18(16,17)12-6-3-1-2-4-7-12/h9,11,13H,1-8H2,(H,14,15)/t9-/m0/s1. The van der Waals surface area contributed by atoms with Crippen LogP contribution >= 0.6 is 0 Å². The average Bonchev–Trinajstić information content (AvgIpc) is 2.57. The first-order valence-electron chi connectivity index (χ1n) is 6.08. The quantitative estimate of drug-likeness (QED) is 0.610. The van der Waals surface area contributed by atoms with Gasteiger partial charge >= 0.3 is 5.97 Å². The Labute approximate surface area is 107 Å². The average molecular weight is 280 g/mol. The van der Waals surface area contributed by atoms with Gasteiger partial charge in [0, 0.05) is 19.7 Å². The zero-order valence-corrected chi connectivity index (χ0v) is 11.0. The number of carboxylic acid groups (broad SMARTS) is 1. The minimum atomic E-state index is -3.78. The summed E-state index contributed by atoms with van der Waals surface area (Å²) in [6, 6.07) is -1.27. The van der Waals surface area contributed by atoms with E-state index in [1.54, 1.807) is 0 Å². The number of aliphatic carboxylic acids is 1. The zero-order chi connectivity index (χ0) is 13.6. The molecule has 0 unspecified atom stereocenters. The third kappa shape index (κ3) is 4.52. The summed E-state index contributed by atoms with van der Waals surface area (Å²) in [6.45, 7) is 0.459. The van der Waals surface area contributed by atoms with E-state index < -0.39 is 22.2 Å². The second-order valence-corrected chi connectivity index (χ2v) is 6.04. The number of aliphatic hydroxyl groups is 1. The van der Waals surface area contributed by atoms with E-state index in [-0.39, 0.29) is 13.0 Å². The molecular formula is C10H20N2O5S. The SMILES string of the molecule is O=C(O)[C@H](CCO)NS(=O)(=O)N1CCCCCC1. The summed E-state index contributed by atoms with van der Waals surface area (Å²) in [6.07, 6.45) is 3.43. The maximum Gasteiger partial charge on any atom is 0.321 e. The molecule has 0 spiro atoms. The highest BCUT2D eigenvalue weighted by Crippen LogP contribution is 2.13. The summed E-state index contributed by atoms with van der Waals surface area (Å²) in [5.41, 5.74) is 0. The lowest BCUT2D eigenvalue weighted by Gasteiger charge is -2.22. The summed E-state index contributed by atoms with van der Waals surface area (Å²) < 4.78 is 27.4. The van der Waals surface area contributed by atoms with Crippen molar-refractivity contribution in [1.82, 2.24) is 9.03 Å². The molecule has 0 aliphatic carbocycles. The number of aliphatic hydroxyl groups excluding tert-OH is 1. The Morgan fingerprint density at radius 2 is 1.78 bits per heavy atom. The molecular weight excluding hydrogens is 260 g/mol. The molecule has 1 saturated heterocycles. The molecule has 1 heterocycles. The fourth-order valence-electron chi connectivity index (χ4n) is 1.90. The number of carbonyl (C=O) groups is 1. The van der Waals surface area contributed by atoms with Crippen molar-refractivity contribution < 1.29 is 23.4 Å². The minimum Gasteiger partial charge on any atom is -0.480 e. The van der Waals surface area contributed by atoms with Crippen molar-refractivity contribution in [2.75, 3.05) is 19.7 Å². The molecule has 0 aromatic carbocycles. The van der Waals surface area contributed by atoms with Crippen LogP contribution in [0.15, 0.2) is 0 Å². The molecule has 1 rings (SSSR count). The van der Waals surface area contributed by atoms with Crippen molar-refractivity contribution in [3.05, 3.63) is 0 Å². The molecule has 1 fully saturated rings. The largest absolute Gasteiger partial charge is 0.480 e. The fourth-order valence-corrected chi connectivity index (χ4v) is 3.36. The second kappa shape index (κ2) is 7.03. The van der Waals surface area contributed by atoms with Gasteiger partial charge in [0.05, 0.1) is 0 Å².